The maximum atomic E-state index is 5.31. The summed E-state index contributed by atoms with van der Waals surface area (Å²) in [6.45, 7) is 4.66. The summed E-state index contributed by atoms with van der Waals surface area (Å²) in [6, 6.07) is 71.3. The Balaban J connectivity index is 1.06. The van der Waals surface area contributed by atoms with Crippen molar-refractivity contribution in [3.63, 3.8) is 0 Å². The first-order valence-corrected chi connectivity index (χ1v) is 20.3. The van der Waals surface area contributed by atoms with Crippen LogP contribution in [0.25, 0.3) is 100 Å². The van der Waals surface area contributed by atoms with Gasteiger partial charge in [0.1, 0.15) is 0 Å². The number of hydrogen-bond acceptors (Lipinski definition) is 3. The fourth-order valence-corrected chi connectivity index (χ4v) is 9.00. The van der Waals surface area contributed by atoms with Gasteiger partial charge in [0.05, 0.1) is 22.6 Å². The third-order valence-corrected chi connectivity index (χ3v) is 12.1. The summed E-state index contributed by atoms with van der Waals surface area (Å²) < 4.78 is 0. The molecule has 0 spiro atoms. The van der Waals surface area contributed by atoms with E-state index in [1.54, 1.807) is 0 Å². The molecule has 0 bridgehead atoms. The summed E-state index contributed by atoms with van der Waals surface area (Å²) in [5, 5.41) is 3.41. The molecule has 0 fully saturated rings. The fraction of sp³-hybridized carbons (Fsp3) is 0.0536. The van der Waals surface area contributed by atoms with Gasteiger partial charge in [-0.25, -0.2) is 15.0 Å². The maximum absolute atomic E-state index is 5.31. The van der Waals surface area contributed by atoms with Gasteiger partial charge in [-0.15, -0.1) is 0 Å². The van der Waals surface area contributed by atoms with Crippen LogP contribution < -0.4 is 0 Å². The van der Waals surface area contributed by atoms with E-state index in [-0.39, 0.29) is 5.41 Å². The highest BCUT2D eigenvalue weighted by Gasteiger charge is 2.35. The first-order valence-electron chi connectivity index (χ1n) is 20.3. The highest BCUT2D eigenvalue weighted by Crippen LogP contribution is 2.50. The summed E-state index contributed by atoms with van der Waals surface area (Å²) in [6.07, 6.45) is 0. The fourth-order valence-electron chi connectivity index (χ4n) is 9.00. The van der Waals surface area contributed by atoms with E-state index in [4.69, 9.17) is 15.0 Å². The van der Waals surface area contributed by atoms with Crippen LogP contribution in [0.4, 0.5) is 0 Å². The molecule has 11 rings (SSSR count). The minimum atomic E-state index is -0.109. The van der Waals surface area contributed by atoms with E-state index in [9.17, 15) is 0 Å². The summed E-state index contributed by atoms with van der Waals surface area (Å²) in [7, 11) is 0. The van der Waals surface area contributed by atoms with E-state index < -0.39 is 0 Å². The minimum Gasteiger partial charge on any atom is -0.248 e. The predicted octanol–water partition coefficient (Wildman–Crippen LogP) is 14.5. The van der Waals surface area contributed by atoms with Crippen molar-refractivity contribution in [1.82, 2.24) is 15.0 Å². The normalized spacial score (nSPS) is 12.7. The van der Waals surface area contributed by atoms with Gasteiger partial charge in [-0.1, -0.05) is 178 Å². The highest BCUT2D eigenvalue weighted by atomic mass is 14.9. The van der Waals surface area contributed by atoms with Gasteiger partial charge in [-0.3, -0.25) is 0 Å². The van der Waals surface area contributed by atoms with Crippen molar-refractivity contribution in [2.75, 3.05) is 0 Å². The van der Waals surface area contributed by atoms with Gasteiger partial charge < -0.3 is 0 Å². The van der Waals surface area contributed by atoms with Crippen molar-refractivity contribution in [2.24, 2.45) is 0 Å². The Morgan fingerprint density at radius 3 is 1.54 bits per heavy atom. The molecule has 3 nitrogen and oxygen atoms in total. The molecule has 1 aliphatic rings. The molecule has 1 aliphatic carbocycles. The molecule has 59 heavy (non-hydrogen) atoms. The Morgan fingerprint density at radius 2 is 0.881 bits per heavy atom. The Labute approximate surface area is 344 Å². The second kappa shape index (κ2) is 13.9. The molecule has 2 heterocycles. The molecular formula is C56H39N3. The summed E-state index contributed by atoms with van der Waals surface area (Å²) in [5.74, 6) is 0.703. The first-order chi connectivity index (χ1) is 29.0. The van der Waals surface area contributed by atoms with Gasteiger partial charge in [-0.05, 0) is 91.7 Å². The van der Waals surface area contributed by atoms with Gasteiger partial charge in [0.2, 0.25) is 0 Å². The van der Waals surface area contributed by atoms with Crippen LogP contribution in [0, 0.1) is 0 Å². The number of fused-ring (bicyclic) bond motifs is 5. The van der Waals surface area contributed by atoms with Gasteiger partial charge in [0.15, 0.2) is 5.82 Å². The third-order valence-electron chi connectivity index (χ3n) is 12.1. The average Bonchev–Trinajstić information content (AvgIpc) is 3.53. The van der Waals surface area contributed by atoms with E-state index >= 15 is 0 Å². The standard InChI is InChI=1S/C56H39N3/c1-56(2)49-25-15-14-24-44(49)46-32-47-45(33-51(38-16-6-3-7-17-38)57-54(47)34-50(46)56)37-28-26-36(27-29-37)42-30-41-22-12-13-23-43(41)48(31-42)55-58-52(39-18-8-4-9-19-39)35-53(59-55)40-20-10-5-11-21-40/h3-35H,1-2H3. The van der Waals surface area contributed by atoms with Gasteiger partial charge in [0, 0.05) is 33.1 Å². The lowest BCUT2D eigenvalue weighted by atomic mass is 9.82. The van der Waals surface area contributed by atoms with Crippen molar-refractivity contribution >= 4 is 21.7 Å². The lowest BCUT2D eigenvalue weighted by Crippen LogP contribution is -2.14. The van der Waals surface area contributed by atoms with Crippen molar-refractivity contribution < 1.29 is 0 Å². The average molecular weight is 754 g/mol. The van der Waals surface area contributed by atoms with Crippen LogP contribution >= 0.6 is 0 Å². The van der Waals surface area contributed by atoms with E-state index in [1.165, 1.54) is 27.8 Å². The quantitative estimate of drug-likeness (QED) is 0.170. The van der Waals surface area contributed by atoms with Crippen molar-refractivity contribution in [2.45, 2.75) is 19.3 Å². The number of rotatable bonds is 6. The molecule has 2 aromatic heterocycles. The van der Waals surface area contributed by atoms with E-state index in [0.29, 0.717) is 5.82 Å². The lowest BCUT2D eigenvalue weighted by molar-refractivity contribution is 0.661. The van der Waals surface area contributed by atoms with Crippen LogP contribution in [0.1, 0.15) is 25.0 Å². The van der Waals surface area contributed by atoms with E-state index in [1.807, 2.05) is 12.1 Å². The summed E-state index contributed by atoms with van der Waals surface area (Å²) in [4.78, 5) is 15.8. The molecule has 0 aliphatic heterocycles. The Morgan fingerprint density at radius 1 is 0.322 bits per heavy atom. The zero-order valence-electron chi connectivity index (χ0n) is 32.9. The maximum Gasteiger partial charge on any atom is 0.161 e. The molecule has 0 saturated carbocycles. The van der Waals surface area contributed by atoms with Crippen molar-refractivity contribution in [1.29, 1.82) is 0 Å². The second-order valence-electron chi connectivity index (χ2n) is 16.0. The molecule has 0 unspecified atom stereocenters. The summed E-state index contributed by atoms with van der Waals surface area (Å²) >= 11 is 0. The Bertz CT molecular complexity index is 3150. The Hall–Kier alpha value is -7.49. The van der Waals surface area contributed by atoms with Gasteiger partial charge >= 0.3 is 0 Å². The number of aromatic nitrogens is 3. The number of pyridine rings is 1. The molecule has 0 N–H and O–H groups in total. The predicted molar refractivity (Wildman–Crippen MR) is 245 cm³/mol. The molecule has 0 saturated heterocycles. The molecule has 8 aromatic carbocycles. The lowest BCUT2D eigenvalue weighted by Gasteiger charge is -2.22. The van der Waals surface area contributed by atoms with Crippen LogP contribution in [0.5, 0.6) is 0 Å². The molecule has 278 valence electrons. The SMILES string of the molecule is CC1(C)c2ccccc2-c2cc3c(-c4ccc(-c5cc(-c6nc(-c7ccccc7)cc(-c7ccccc7)n6)c6ccccc6c5)cc4)cc(-c4ccccc4)nc3cc21. The van der Waals surface area contributed by atoms with Crippen molar-refractivity contribution in [3.8, 4) is 78.5 Å². The zero-order chi connectivity index (χ0) is 39.5. The smallest absolute Gasteiger partial charge is 0.161 e. The van der Waals surface area contributed by atoms with Crippen LogP contribution in [0.3, 0.4) is 0 Å². The highest BCUT2D eigenvalue weighted by molar-refractivity contribution is 6.02. The number of benzene rings is 8. The van der Waals surface area contributed by atoms with Crippen LogP contribution in [0.2, 0.25) is 0 Å². The van der Waals surface area contributed by atoms with E-state index in [2.05, 4.69) is 202 Å². The number of nitrogens with zero attached hydrogens (tertiary/aromatic N) is 3. The van der Waals surface area contributed by atoms with Crippen LogP contribution in [0.15, 0.2) is 200 Å². The van der Waals surface area contributed by atoms with E-state index in [0.717, 1.165) is 77.7 Å². The van der Waals surface area contributed by atoms with Gasteiger partial charge in [-0.2, -0.15) is 0 Å². The molecular weight excluding hydrogens is 715 g/mol. The minimum absolute atomic E-state index is 0.109. The molecule has 0 atom stereocenters. The van der Waals surface area contributed by atoms with Crippen LogP contribution in [-0.2, 0) is 5.41 Å². The summed E-state index contributed by atoms with van der Waals surface area (Å²) in [5.41, 5.74) is 17.7. The third kappa shape index (κ3) is 6.02. The topological polar surface area (TPSA) is 38.7 Å². The monoisotopic (exact) mass is 753 g/mol. The molecule has 0 radical (unpaired) electrons. The van der Waals surface area contributed by atoms with Crippen LogP contribution in [-0.4, -0.2) is 15.0 Å². The number of hydrogen-bond donors (Lipinski definition) is 0. The Kier molecular flexibility index (Phi) is 8.16. The van der Waals surface area contributed by atoms with Gasteiger partial charge in [0.25, 0.3) is 0 Å². The van der Waals surface area contributed by atoms with Crippen molar-refractivity contribution in [3.05, 3.63) is 211 Å². The largest absolute Gasteiger partial charge is 0.248 e. The molecule has 3 heteroatoms. The first kappa shape index (κ1) is 34.7. The zero-order valence-corrected chi connectivity index (χ0v) is 32.9. The molecule has 0 amide bonds. The molecule has 10 aromatic rings. The second-order valence-corrected chi connectivity index (χ2v) is 16.0.